The Morgan fingerprint density at radius 1 is 0.545 bits per heavy atom. The number of aromatic carboxylic acids is 1. The van der Waals surface area contributed by atoms with E-state index in [1.807, 2.05) is 52.0 Å². The molecule has 574 valence electrons. The number of carboxylic acids is 1. The summed E-state index contributed by atoms with van der Waals surface area (Å²) in [6.45, 7) is 16.2. The van der Waals surface area contributed by atoms with Gasteiger partial charge in [-0.2, -0.15) is 28.8 Å². The van der Waals surface area contributed by atoms with Gasteiger partial charge in [0.1, 0.15) is 55.9 Å². The number of carboxylic acid groups (broad SMARTS) is 1. The number of aryl methyl sites for hydroxylation is 5. The van der Waals surface area contributed by atoms with E-state index in [-0.39, 0.29) is 71.8 Å². The van der Waals surface area contributed by atoms with Gasteiger partial charge >= 0.3 is 36.8 Å². The molecule has 36 nitrogen and oxygen atoms in total. The van der Waals surface area contributed by atoms with Crippen molar-refractivity contribution in [3.63, 3.8) is 0 Å². The number of hydrogen-bond donors (Lipinski definition) is 4. The average molecular weight is 1610 g/mol. The number of aromatic amines is 1. The number of aliphatic hydroxyl groups is 1. The number of carbonyl (C=O) groups excluding carboxylic acids is 3. The minimum absolute atomic E-state index is 0. The minimum atomic E-state index is -3.39. The van der Waals surface area contributed by atoms with Crippen molar-refractivity contribution in [3.8, 4) is 0 Å². The standard InChI is InChI=1S/C19H16ClN5O2.C14H13ClN4O3.C12H9ClN4O3.C10H10ClN3O2.C5H7NO4S.C4H5NO2.C4H8O.Li.H2O/c1-11-3-5-13(6-4-11)23-19(26)15-8-22-18-16(17(15)20)12(2)24-25(18)9-14-7-21-10-27-14;1-3-21-14(20)10-5-17-13-11(12(10)15)8(2)18-19(13)6-9-4-16-7-22-9;1-6-9-10(13)8(12(18)19)3-15-11(9)17(16-6)4-7-2-14-5-20-7;1-3-16-10(15)6-4-12-9-7(8(6)11)5(2)13-14-9;1-11(7,8)10-3-5-2-6-4-9-5;6-2-4-1-5-3-7-4;1-2-4-5-3-1;;/h3-8,10H,9H2,1-2H3,(H,23,26);4-5,7H,3,6H2,1-2H3;2-3,5H,4H2,1H3,(H,18,19);4H,3H2,1-2H3,(H,12,13,14);2,4H,3H2,1H3;1,3,6H,2H2;1-4H2;;1H2/q;;;;;;;+1;/p-1. The summed E-state index contributed by atoms with van der Waals surface area (Å²) < 4.78 is 70.0. The molecule has 14 aromatic rings. The van der Waals surface area contributed by atoms with Crippen LogP contribution in [0.25, 0.3) is 44.1 Å². The third-order valence-electron chi connectivity index (χ3n) is 14.8. The Hall–Kier alpha value is -10.8. The Balaban J connectivity index is 0.000000186. The minimum Gasteiger partial charge on any atom is -0.870 e. The van der Waals surface area contributed by atoms with Crippen LogP contribution in [-0.2, 0) is 61.4 Å². The fraction of sp³-hybridized carbons (Fsp3) is 0.279. The molecule has 15 rings (SSSR count). The number of esters is 2. The van der Waals surface area contributed by atoms with Gasteiger partial charge in [-0.15, -0.1) is 0 Å². The summed E-state index contributed by atoms with van der Waals surface area (Å²) in [5.74, 6) is 0.402. The van der Waals surface area contributed by atoms with E-state index in [0.29, 0.717) is 143 Å². The van der Waals surface area contributed by atoms with Gasteiger partial charge in [0.05, 0.1) is 131 Å². The van der Waals surface area contributed by atoms with Gasteiger partial charge in [0, 0.05) is 49.4 Å². The largest absolute Gasteiger partial charge is 1.00 e. The van der Waals surface area contributed by atoms with Crippen molar-refractivity contribution in [2.24, 2.45) is 0 Å². The number of benzene rings is 1. The maximum absolute atomic E-state index is 12.7. The summed E-state index contributed by atoms with van der Waals surface area (Å²) >= 11 is 25.1. The summed E-state index contributed by atoms with van der Waals surface area (Å²) in [6, 6.07) is 7.54. The van der Waals surface area contributed by atoms with Crippen LogP contribution in [0.5, 0.6) is 0 Å². The number of pyridine rings is 4. The van der Waals surface area contributed by atoms with E-state index in [1.54, 1.807) is 53.4 Å². The first-order valence-electron chi connectivity index (χ1n) is 32.3. The number of carbonyl (C=O) groups is 4. The smallest absolute Gasteiger partial charge is 0.870 e. The molecule has 1 amide bonds. The Morgan fingerprint density at radius 3 is 1.30 bits per heavy atom. The van der Waals surface area contributed by atoms with Gasteiger partial charge in [0.2, 0.25) is 0 Å². The van der Waals surface area contributed by atoms with E-state index in [2.05, 4.69) is 84.3 Å². The molecule has 0 aliphatic carbocycles. The number of H-pyrrole nitrogens is 1. The van der Waals surface area contributed by atoms with Crippen LogP contribution in [0, 0.1) is 34.6 Å². The van der Waals surface area contributed by atoms with Crippen molar-refractivity contribution in [1.29, 1.82) is 0 Å². The Kier molecular flexibility index (Phi) is 32.3. The van der Waals surface area contributed by atoms with E-state index >= 15 is 0 Å². The van der Waals surface area contributed by atoms with Crippen molar-refractivity contribution < 1.29 is 103 Å². The molecule has 0 unspecified atom stereocenters. The monoisotopic (exact) mass is 1600 g/mol. The summed E-state index contributed by atoms with van der Waals surface area (Å²) in [7, 11) is -3.39. The number of nitrogens with one attached hydrogen (secondary N) is 2. The number of anilines is 1. The van der Waals surface area contributed by atoms with Crippen molar-refractivity contribution in [2.45, 2.75) is 94.2 Å². The van der Waals surface area contributed by atoms with Crippen molar-refractivity contribution in [1.82, 2.24) is 84.4 Å². The molecular formula is C68H69Cl4LiN18O18S. The van der Waals surface area contributed by atoms with Crippen LogP contribution >= 0.6 is 46.4 Å². The zero-order valence-corrected chi connectivity index (χ0v) is 64.1. The van der Waals surface area contributed by atoms with Gasteiger partial charge in [-0.25, -0.2) is 73.3 Å². The zero-order chi connectivity index (χ0) is 77.6. The normalized spacial score (nSPS) is 11.4. The average Bonchev–Trinajstić information content (AvgIpc) is 1.63. The molecule has 14 heterocycles. The predicted molar refractivity (Wildman–Crippen MR) is 391 cm³/mol. The van der Waals surface area contributed by atoms with Crippen LogP contribution < -0.4 is 24.2 Å². The van der Waals surface area contributed by atoms with Crippen LogP contribution in [0.15, 0.2) is 134 Å². The molecule has 5 N–H and O–H groups in total. The number of rotatable bonds is 17. The molecular weight excluding hydrogens is 1540 g/mol. The quantitative estimate of drug-likeness (QED) is 0.0376. The molecule has 1 saturated heterocycles. The number of hydrogen-bond acceptors (Lipinski definition) is 30. The molecule has 1 aliphatic rings. The van der Waals surface area contributed by atoms with Crippen molar-refractivity contribution in [3.05, 3.63) is 211 Å². The van der Waals surface area contributed by atoms with Crippen molar-refractivity contribution in [2.75, 3.05) is 38.0 Å². The molecule has 0 spiro atoms. The topological polar surface area (TPSA) is 486 Å². The van der Waals surface area contributed by atoms with Crippen LogP contribution in [0.1, 0.15) is 125 Å². The first-order valence-corrected chi connectivity index (χ1v) is 35.6. The van der Waals surface area contributed by atoms with Crippen LogP contribution in [0.2, 0.25) is 20.1 Å². The number of halogens is 4. The molecule has 1 aromatic carbocycles. The Labute approximate surface area is 656 Å². The van der Waals surface area contributed by atoms with E-state index in [9.17, 15) is 27.6 Å². The van der Waals surface area contributed by atoms with Crippen LogP contribution in [0.4, 0.5) is 5.69 Å². The molecule has 0 saturated carbocycles. The van der Waals surface area contributed by atoms with Gasteiger partial charge in [-0.05, 0) is 73.4 Å². The van der Waals surface area contributed by atoms with Crippen LogP contribution in [0.3, 0.4) is 0 Å². The van der Waals surface area contributed by atoms with Gasteiger partial charge in [-0.3, -0.25) is 14.1 Å². The van der Waals surface area contributed by atoms with Crippen molar-refractivity contribution >= 4 is 130 Å². The summed E-state index contributed by atoms with van der Waals surface area (Å²) in [4.78, 5) is 82.8. The number of oxazole rings is 5. The Bertz CT molecular complexity index is 5420. The maximum Gasteiger partial charge on any atom is 1.00 e. The molecule has 0 bridgehead atoms. The molecule has 1 aliphatic heterocycles. The van der Waals surface area contributed by atoms with Gasteiger partial charge in [-0.1, -0.05) is 64.1 Å². The number of aliphatic hydroxyl groups excluding tert-OH is 1. The second-order valence-corrected chi connectivity index (χ2v) is 25.8. The molecule has 1 fully saturated rings. The maximum atomic E-state index is 12.7. The molecule has 110 heavy (non-hydrogen) atoms. The SMILES string of the molecule is C1CCOC1.CCOC(=O)c1cnc2c(c(C)nn2Cc2cnco2)c1Cl.CCOC(=O)c1cnc2n[nH]c(C)c2c1Cl.CS(=O)(=O)OCc1cnco1.Cc1ccc(NC(=O)c2cnc3c(c(C)nn3Cc3cnco3)c2Cl)cc1.Cc1nn(Cc2cnco2)c2ncc(C(=O)O)c(Cl)c12.OCc1cnco1.[Li+].[OH-]. The zero-order valence-electron chi connectivity index (χ0n) is 60.2. The van der Waals surface area contributed by atoms with E-state index in [0.717, 1.165) is 30.7 Å². The number of fused-ring (bicyclic) bond motifs is 4. The van der Waals surface area contributed by atoms with E-state index in [4.69, 9.17) is 88.5 Å². The van der Waals surface area contributed by atoms with Gasteiger partial charge in [0.25, 0.3) is 16.0 Å². The number of nitrogens with zero attached hydrogens (tertiary/aromatic N) is 16. The number of aromatic nitrogens is 17. The Morgan fingerprint density at radius 2 is 0.927 bits per heavy atom. The molecule has 0 radical (unpaired) electrons. The van der Waals surface area contributed by atoms with Gasteiger partial charge < -0.3 is 57.3 Å². The second kappa shape index (κ2) is 41.1. The van der Waals surface area contributed by atoms with Gasteiger partial charge in [0.15, 0.2) is 60.3 Å². The summed E-state index contributed by atoms with van der Waals surface area (Å²) in [5.41, 5.74) is 7.48. The third kappa shape index (κ3) is 22.9. The predicted octanol–water partition coefficient (Wildman–Crippen LogP) is 8.76. The fourth-order valence-corrected chi connectivity index (χ4v) is 11.5. The summed E-state index contributed by atoms with van der Waals surface area (Å²) in [5, 5.41) is 43.7. The number of ether oxygens (including phenoxy) is 3. The molecule has 13 aromatic heterocycles. The molecule has 42 heteroatoms. The fourth-order valence-electron chi connectivity index (χ4n) is 9.80. The van der Waals surface area contributed by atoms with E-state index < -0.39 is 28.0 Å². The first-order chi connectivity index (χ1) is 51.9. The molecule has 0 atom stereocenters. The number of amides is 1. The van der Waals surface area contributed by atoms with Crippen LogP contribution in [-0.4, -0.2) is 165 Å². The summed E-state index contributed by atoms with van der Waals surface area (Å²) in [6.07, 6.45) is 23.2. The second-order valence-electron chi connectivity index (χ2n) is 22.7. The third-order valence-corrected chi connectivity index (χ3v) is 16.9. The van der Waals surface area contributed by atoms with E-state index in [1.165, 1.54) is 82.0 Å². The first kappa shape index (κ1) is 86.4.